The van der Waals surface area contributed by atoms with Gasteiger partial charge in [-0.05, 0) is 37.3 Å². The Morgan fingerprint density at radius 1 is 1.04 bits per heavy atom. The summed E-state index contributed by atoms with van der Waals surface area (Å²) >= 11 is 0. The van der Waals surface area contributed by atoms with Crippen LogP contribution >= 0.6 is 0 Å². The highest BCUT2D eigenvalue weighted by molar-refractivity contribution is 6.03. The topological polar surface area (TPSA) is 66.9 Å². The molecule has 0 saturated heterocycles. The Morgan fingerprint density at radius 3 is 2.50 bits per heavy atom. The summed E-state index contributed by atoms with van der Waals surface area (Å²) in [7, 11) is 0. The van der Waals surface area contributed by atoms with Crippen molar-refractivity contribution in [3.05, 3.63) is 83.3 Å². The summed E-state index contributed by atoms with van der Waals surface area (Å²) in [5.74, 6) is -0.352. The standard InChI is InChI=1S/C19H16F2N4O/c1-12-23-17(19(26)25-15-8-6-14(20)7-9-15)10-18(24-12)22-11-13-4-2-3-5-16(13)21/h2-10H,11H2,1H3,(H,25,26)(H,22,23,24). The van der Waals surface area contributed by atoms with Crippen LogP contribution in [0.5, 0.6) is 0 Å². The molecule has 0 aliphatic rings. The molecule has 0 saturated carbocycles. The zero-order valence-electron chi connectivity index (χ0n) is 14.0. The Kier molecular flexibility index (Phi) is 5.17. The number of hydrogen-bond acceptors (Lipinski definition) is 4. The van der Waals surface area contributed by atoms with Crippen molar-refractivity contribution in [2.45, 2.75) is 13.5 Å². The molecule has 0 atom stereocenters. The van der Waals surface area contributed by atoms with Crippen LogP contribution in [0.3, 0.4) is 0 Å². The molecule has 0 bridgehead atoms. The van der Waals surface area contributed by atoms with Gasteiger partial charge in [-0.2, -0.15) is 0 Å². The first-order valence-electron chi connectivity index (χ1n) is 7.91. The number of aromatic nitrogens is 2. The Morgan fingerprint density at radius 2 is 1.77 bits per heavy atom. The van der Waals surface area contributed by atoms with Crippen molar-refractivity contribution in [1.82, 2.24) is 9.97 Å². The molecule has 7 heteroatoms. The van der Waals surface area contributed by atoms with Gasteiger partial charge in [0, 0.05) is 23.9 Å². The van der Waals surface area contributed by atoms with Gasteiger partial charge in [0.15, 0.2) is 0 Å². The minimum absolute atomic E-state index is 0.151. The predicted octanol–water partition coefficient (Wildman–Crippen LogP) is 3.93. The third kappa shape index (κ3) is 4.38. The van der Waals surface area contributed by atoms with Crippen molar-refractivity contribution >= 4 is 17.4 Å². The number of rotatable bonds is 5. The highest BCUT2D eigenvalue weighted by Gasteiger charge is 2.11. The van der Waals surface area contributed by atoms with Crippen molar-refractivity contribution in [3.8, 4) is 0 Å². The number of carbonyl (C=O) groups excluding carboxylic acids is 1. The van der Waals surface area contributed by atoms with Crippen LogP contribution in [0.25, 0.3) is 0 Å². The van der Waals surface area contributed by atoms with E-state index < -0.39 is 5.91 Å². The maximum Gasteiger partial charge on any atom is 0.274 e. The van der Waals surface area contributed by atoms with E-state index in [9.17, 15) is 13.6 Å². The minimum atomic E-state index is -0.448. The van der Waals surface area contributed by atoms with E-state index >= 15 is 0 Å². The van der Waals surface area contributed by atoms with Gasteiger partial charge < -0.3 is 10.6 Å². The summed E-state index contributed by atoms with van der Waals surface area (Å²) in [6, 6.07) is 13.3. The van der Waals surface area contributed by atoms with Crippen LogP contribution in [0.1, 0.15) is 21.9 Å². The van der Waals surface area contributed by atoms with E-state index in [4.69, 9.17) is 0 Å². The summed E-state index contributed by atoms with van der Waals surface area (Å²) in [6.07, 6.45) is 0. The fourth-order valence-corrected chi connectivity index (χ4v) is 2.33. The zero-order chi connectivity index (χ0) is 18.5. The lowest BCUT2D eigenvalue weighted by molar-refractivity contribution is 0.102. The molecular weight excluding hydrogens is 338 g/mol. The van der Waals surface area contributed by atoms with E-state index in [2.05, 4.69) is 20.6 Å². The van der Waals surface area contributed by atoms with E-state index in [0.717, 1.165) is 0 Å². The van der Waals surface area contributed by atoms with E-state index in [-0.39, 0.29) is 23.9 Å². The van der Waals surface area contributed by atoms with Crippen molar-refractivity contribution in [2.24, 2.45) is 0 Å². The first-order chi connectivity index (χ1) is 12.5. The second-order valence-corrected chi connectivity index (χ2v) is 5.59. The van der Waals surface area contributed by atoms with E-state index in [0.29, 0.717) is 22.9 Å². The fraction of sp³-hybridized carbons (Fsp3) is 0.105. The molecule has 1 amide bonds. The van der Waals surface area contributed by atoms with Gasteiger partial charge in [-0.25, -0.2) is 18.7 Å². The summed E-state index contributed by atoms with van der Waals surface area (Å²) in [5.41, 5.74) is 1.09. The zero-order valence-corrected chi connectivity index (χ0v) is 14.0. The molecule has 3 aromatic rings. The predicted molar refractivity (Wildman–Crippen MR) is 94.8 cm³/mol. The highest BCUT2D eigenvalue weighted by atomic mass is 19.1. The first kappa shape index (κ1) is 17.5. The molecule has 0 radical (unpaired) electrons. The maximum atomic E-state index is 13.7. The van der Waals surface area contributed by atoms with Crippen molar-refractivity contribution < 1.29 is 13.6 Å². The summed E-state index contributed by atoms with van der Waals surface area (Å²) in [4.78, 5) is 20.7. The molecule has 0 aliphatic carbocycles. The fourth-order valence-electron chi connectivity index (χ4n) is 2.33. The molecule has 1 heterocycles. The van der Waals surface area contributed by atoms with Gasteiger partial charge >= 0.3 is 0 Å². The van der Waals surface area contributed by atoms with Crippen molar-refractivity contribution in [3.63, 3.8) is 0 Å². The van der Waals surface area contributed by atoms with Crippen LogP contribution in [0.15, 0.2) is 54.6 Å². The first-order valence-corrected chi connectivity index (χ1v) is 7.91. The van der Waals surface area contributed by atoms with Gasteiger partial charge in [-0.1, -0.05) is 18.2 Å². The molecule has 0 spiro atoms. The number of aryl methyl sites for hydroxylation is 1. The van der Waals surface area contributed by atoms with Crippen molar-refractivity contribution in [2.75, 3.05) is 10.6 Å². The Hall–Kier alpha value is -3.35. The Balaban J connectivity index is 1.73. The van der Waals surface area contributed by atoms with Gasteiger partial charge in [-0.15, -0.1) is 0 Å². The molecule has 26 heavy (non-hydrogen) atoms. The lowest BCUT2D eigenvalue weighted by atomic mass is 10.2. The molecule has 0 unspecified atom stereocenters. The lowest BCUT2D eigenvalue weighted by Crippen LogP contribution is -2.16. The quantitative estimate of drug-likeness (QED) is 0.729. The Labute approximate surface area is 149 Å². The van der Waals surface area contributed by atoms with E-state index in [1.807, 2.05) is 0 Å². The van der Waals surface area contributed by atoms with Crippen LogP contribution in [-0.2, 0) is 6.54 Å². The van der Waals surface area contributed by atoms with E-state index in [1.54, 1.807) is 25.1 Å². The average molecular weight is 354 g/mol. The summed E-state index contributed by atoms with van der Waals surface area (Å²) in [5, 5.41) is 5.63. The normalized spacial score (nSPS) is 10.4. The molecule has 0 fully saturated rings. The van der Waals surface area contributed by atoms with Gasteiger partial charge in [0.1, 0.15) is 29.0 Å². The number of hydrogen-bond donors (Lipinski definition) is 2. The van der Waals surface area contributed by atoms with Gasteiger partial charge in [0.2, 0.25) is 0 Å². The number of amides is 1. The van der Waals surface area contributed by atoms with Gasteiger partial charge in [0.25, 0.3) is 5.91 Å². The van der Waals surface area contributed by atoms with Gasteiger partial charge in [-0.3, -0.25) is 4.79 Å². The second-order valence-electron chi connectivity index (χ2n) is 5.59. The molecule has 5 nitrogen and oxygen atoms in total. The van der Waals surface area contributed by atoms with E-state index in [1.165, 1.54) is 36.4 Å². The molecule has 2 aromatic carbocycles. The van der Waals surface area contributed by atoms with Crippen LogP contribution < -0.4 is 10.6 Å². The number of benzene rings is 2. The highest BCUT2D eigenvalue weighted by Crippen LogP contribution is 2.14. The molecule has 3 rings (SSSR count). The molecule has 2 N–H and O–H groups in total. The number of anilines is 2. The molecular formula is C19H16F2N4O. The third-order valence-corrected chi connectivity index (χ3v) is 3.59. The lowest BCUT2D eigenvalue weighted by Gasteiger charge is -2.10. The smallest absolute Gasteiger partial charge is 0.274 e. The van der Waals surface area contributed by atoms with Crippen LogP contribution in [0.4, 0.5) is 20.3 Å². The monoisotopic (exact) mass is 354 g/mol. The Bertz CT molecular complexity index is 929. The molecule has 132 valence electrons. The van der Waals surface area contributed by atoms with Crippen LogP contribution in [-0.4, -0.2) is 15.9 Å². The van der Waals surface area contributed by atoms with Gasteiger partial charge in [0.05, 0.1) is 0 Å². The molecule has 0 aliphatic heterocycles. The minimum Gasteiger partial charge on any atom is -0.366 e. The SMILES string of the molecule is Cc1nc(NCc2ccccc2F)cc(C(=O)Nc2ccc(F)cc2)n1. The third-order valence-electron chi connectivity index (χ3n) is 3.59. The average Bonchev–Trinajstić information content (AvgIpc) is 2.62. The van der Waals surface area contributed by atoms with Crippen LogP contribution in [0, 0.1) is 18.6 Å². The number of nitrogens with one attached hydrogen (secondary N) is 2. The van der Waals surface area contributed by atoms with Crippen molar-refractivity contribution in [1.29, 1.82) is 0 Å². The summed E-state index contributed by atoms with van der Waals surface area (Å²) in [6.45, 7) is 1.88. The summed E-state index contributed by atoms with van der Waals surface area (Å²) < 4.78 is 26.6. The van der Waals surface area contributed by atoms with Crippen LogP contribution in [0.2, 0.25) is 0 Å². The number of nitrogens with zero attached hydrogens (tertiary/aromatic N) is 2. The number of carbonyl (C=O) groups is 1. The molecule has 1 aromatic heterocycles. The number of halogens is 2. The largest absolute Gasteiger partial charge is 0.366 e. The second kappa shape index (κ2) is 7.69. The maximum absolute atomic E-state index is 13.7.